The Kier molecular flexibility index (Phi) is 6.99. The first-order valence-corrected chi connectivity index (χ1v) is 12.8. The van der Waals surface area contributed by atoms with Gasteiger partial charge in [0.1, 0.15) is 0 Å². The molecule has 0 fully saturated rings. The second-order valence-electron chi connectivity index (χ2n) is 7.72. The van der Waals surface area contributed by atoms with E-state index >= 15 is 0 Å². The SMILES string of the molecule is CCOC(=O)c1c(/C=C(\C(=O)O)c2ccoc2)c2c(Cl)cc(Cl)cc2n1S(=O)(=O)c1ccc(C)cc1. The number of benzene rings is 2. The van der Waals surface area contributed by atoms with E-state index in [9.17, 15) is 23.1 Å². The number of hydrogen-bond acceptors (Lipinski definition) is 6. The van der Waals surface area contributed by atoms with Gasteiger partial charge in [-0.25, -0.2) is 22.0 Å². The van der Waals surface area contributed by atoms with Crippen molar-refractivity contribution in [2.45, 2.75) is 18.7 Å². The highest BCUT2D eigenvalue weighted by molar-refractivity contribution is 7.90. The number of ether oxygens (including phenoxy) is 1. The van der Waals surface area contributed by atoms with Crippen LogP contribution in [0.3, 0.4) is 0 Å². The van der Waals surface area contributed by atoms with Crippen molar-refractivity contribution in [3.05, 3.63) is 87.4 Å². The van der Waals surface area contributed by atoms with Crippen molar-refractivity contribution in [2.24, 2.45) is 0 Å². The molecule has 4 rings (SSSR count). The quantitative estimate of drug-likeness (QED) is 0.226. The summed E-state index contributed by atoms with van der Waals surface area (Å²) in [5.41, 5.74) is 0.284. The number of rotatable bonds is 7. The number of hydrogen-bond donors (Lipinski definition) is 1. The van der Waals surface area contributed by atoms with Gasteiger partial charge in [0.2, 0.25) is 0 Å². The normalized spacial score (nSPS) is 12.2. The summed E-state index contributed by atoms with van der Waals surface area (Å²) in [5, 5.41) is 10.1. The molecule has 0 spiro atoms. The molecule has 4 aromatic rings. The van der Waals surface area contributed by atoms with Crippen molar-refractivity contribution in [1.29, 1.82) is 0 Å². The molecule has 0 aliphatic rings. The first-order chi connectivity index (χ1) is 17.1. The molecule has 0 aliphatic carbocycles. The molecule has 8 nitrogen and oxygen atoms in total. The Labute approximate surface area is 216 Å². The van der Waals surface area contributed by atoms with E-state index in [0.717, 1.165) is 9.54 Å². The van der Waals surface area contributed by atoms with Crippen LogP contribution in [0.25, 0.3) is 22.6 Å². The average Bonchev–Trinajstić information content (AvgIpc) is 3.44. The predicted molar refractivity (Wildman–Crippen MR) is 136 cm³/mol. The highest BCUT2D eigenvalue weighted by Gasteiger charge is 2.33. The summed E-state index contributed by atoms with van der Waals surface area (Å²) in [7, 11) is -4.40. The van der Waals surface area contributed by atoms with Crippen molar-refractivity contribution in [3.63, 3.8) is 0 Å². The fourth-order valence-corrected chi connectivity index (χ4v) is 5.86. The zero-order valence-electron chi connectivity index (χ0n) is 19.0. The van der Waals surface area contributed by atoms with Crippen LogP contribution < -0.4 is 0 Å². The number of aryl methyl sites for hydroxylation is 1. The summed E-state index contributed by atoms with van der Waals surface area (Å²) < 4.78 is 38.8. The molecule has 0 radical (unpaired) electrons. The number of carbonyl (C=O) groups excluding carboxylic acids is 1. The molecule has 1 N–H and O–H groups in total. The van der Waals surface area contributed by atoms with Crippen LogP contribution in [0.4, 0.5) is 0 Å². The minimum atomic E-state index is -4.40. The first-order valence-electron chi connectivity index (χ1n) is 10.6. The molecule has 2 aromatic carbocycles. The van der Waals surface area contributed by atoms with Crippen LogP contribution in [0, 0.1) is 6.92 Å². The molecular formula is C25H19Cl2NO7S. The molecular weight excluding hydrogens is 529 g/mol. The van der Waals surface area contributed by atoms with E-state index < -0.39 is 27.7 Å². The van der Waals surface area contributed by atoms with Gasteiger partial charge >= 0.3 is 11.9 Å². The number of aliphatic carboxylic acids is 1. The Hall–Kier alpha value is -3.53. The zero-order chi connectivity index (χ0) is 26.2. The maximum atomic E-state index is 13.9. The Bertz CT molecular complexity index is 1620. The van der Waals surface area contributed by atoms with Crippen molar-refractivity contribution in [2.75, 3.05) is 6.61 Å². The van der Waals surface area contributed by atoms with Gasteiger partial charge in [-0.15, -0.1) is 0 Å². The maximum absolute atomic E-state index is 13.9. The number of halogens is 2. The second kappa shape index (κ2) is 9.85. The Balaban J connectivity index is 2.19. The predicted octanol–water partition coefficient (Wildman–Crippen LogP) is 5.89. The minimum Gasteiger partial charge on any atom is -0.478 e. The number of carboxylic acids is 1. The Morgan fingerprint density at radius 2 is 1.83 bits per heavy atom. The van der Waals surface area contributed by atoms with Crippen LogP contribution in [-0.4, -0.2) is 36.0 Å². The smallest absolute Gasteiger partial charge is 0.356 e. The molecule has 11 heteroatoms. The van der Waals surface area contributed by atoms with Crippen LogP contribution >= 0.6 is 23.2 Å². The van der Waals surface area contributed by atoms with Gasteiger partial charge in [-0.2, -0.15) is 0 Å². The third-order valence-electron chi connectivity index (χ3n) is 5.36. The summed E-state index contributed by atoms with van der Waals surface area (Å²) in [4.78, 5) is 25.3. The molecule has 2 heterocycles. The van der Waals surface area contributed by atoms with Crippen molar-refractivity contribution < 1.29 is 32.3 Å². The number of esters is 1. The third kappa shape index (κ3) is 4.53. The monoisotopic (exact) mass is 547 g/mol. The molecule has 0 saturated carbocycles. The van der Waals surface area contributed by atoms with Crippen LogP contribution in [0.5, 0.6) is 0 Å². The highest BCUT2D eigenvalue weighted by Crippen LogP contribution is 2.39. The number of carbonyl (C=O) groups is 2. The lowest BCUT2D eigenvalue weighted by Crippen LogP contribution is -2.20. The fourth-order valence-electron chi connectivity index (χ4n) is 3.76. The third-order valence-corrected chi connectivity index (χ3v) is 7.60. The van der Waals surface area contributed by atoms with Crippen LogP contribution in [0.15, 0.2) is 64.3 Å². The van der Waals surface area contributed by atoms with Crippen LogP contribution in [0.1, 0.15) is 34.1 Å². The van der Waals surface area contributed by atoms with Gasteiger partial charge in [0, 0.05) is 21.5 Å². The first kappa shape index (κ1) is 25.6. The highest BCUT2D eigenvalue weighted by atomic mass is 35.5. The topological polar surface area (TPSA) is 116 Å². The van der Waals surface area contributed by atoms with Gasteiger partial charge in [0.05, 0.1) is 40.1 Å². The zero-order valence-corrected chi connectivity index (χ0v) is 21.3. The lowest BCUT2D eigenvalue weighted by atomic mass is 10.0. The molecule has 0 aliphatic heterocycles. The molecule has 0 bridgehead atoms. The lowest BCUT2D eigenvalue weighted by Gasteiger charge is -2.12. The summed E-state index contributed by atoms with van der Waals surface area (Å²) in [6.07, 6.45) is 3.67. The number of fused-ring (bicyclic) bond motifs is 1. The van der Waals surface area contributed by atoms with Crippen LogP contribution in [0.2, 0.25) is 10.0 Å². The van der Waals surface area contributed by atoms with Gasteiger partial charge in [-0.1, -0.05) is 40.9 Å². The maximum Gasteiger partial charge on any atom is 0.356 e. The standard InChI is InChI=1S/C25H19Cl2NO7S/c1-3-35-25(31)23-19(12-18(24(29)30)15-8-9-34-13-15)22-20(27)10-16(26)11-21(22)28(23)36(32,33)17-6-4-14(2)5-7-17/h4-13H,3H2,1-2H3,(H,29,30)/b18-12-. The van der Waals surface area contributed by atoms with Crippen LogP contribution in [-0.2, 0) is 19.6 Å². The van der Waals surface area contributed by atoms with Crippen molar-refractivity contribution >= 4 is 67.7 Å². The number of aromatic nitrogens is 1. The average molecular weight is 548 g/mol. The van der Waals surface area contributed by atoms with Crippen molar-refractivity contribution in [3.8, 4) is 0 Å². The summed E-state index contributed by atoms with van der Waals surface area (Å²) >= 11 is 12.7. The number of carboxylic acid groups (broad SMARTS) is 1. The Morgan fingerprint density at radius 1 is 1.14 bits per heavy atom. The lowest BCUT2D eigenvalue weighted by molar-refractivity contribution is -0.130. The van der Waals surface area contributed by atoms with Gasteiger partial charge in [-0.05, 0) is 50.3 Å². The summed E-state index contributed by atoms with van der Waals surface area (Å²) in [6, 6.07) is 10.2. The number of furan rings is 1. The molecule has 0 atom stereocenters. The second-order valence-corrected chi connectivity index (χ2v) is 10.4. The molecule has 2 aromatic heterocycles. The number of nitrogens with zero attached hydrogens (tertiary/aromatic N) is 1. The molecule has 0 unspecified atom stereocenters. The van der Waals surface area contributed by atoms with E-state index in [-0.39, 0.29) is 49.2 Å². The van der Waals surface area contributed by atoms with Crippen molar-refractivity contribution in [1.82, 2.24) is 3.97 Å². The Morgan fingerprint density at radius 3 is 2.42 bits per heavy atom. The van der Waals surface area contributed by atoms with E-state index in [1.165, 1.54) is 48.9 Å². The molecule has 186 valence electrons. The van der Waals surface area contributed by atoms with E-state index in [2.05, 4.69) is 0 Å². The van der Waals surface area contributed by atoms with Gasteiger partial charge in [0.25, 0.3) is 10.0 Å². The largest absolute Gasteiger partial charge is 0.478 e. The molecule has 0 saturated heterocycles. The van der Waals surface area contributed by atoms with E-state index in [1.54, 1.807) is 26.0 Å². The summed E-state index contributed by atoms with van der Waals surface area (Å²) in [6.45, 7) is 3.31. The van der Waals surface area contributed by atoms with E-state index in [0.29, 0.717) is 0 Å². The minimum absolute atomic E-state index is 0.0145. The van der Waals surface area contributed by atoms with Gasteiger partial charge in [0.15, 0.2) is 5.69 Å². The molecule has 0 amide bonds. The molecule has 36 heavy (non-hydrogen) atoms. The fraction of sp³-hybridized carbons (Fsp3) is 0.120. The summed E-state index contributed by atoms with van der Waals surface area (Å²) in [5.74, 6) is -2.32. The van der Waals surface area contributed by atoms with Gasteiger partial charge in [-0.3, -0.25) is 0 Å². The van der Waals surface area contributed by atoms with E-state index in [4.69, 9.17) is 32.4 Å². The van der Waals surface area contributed by atoms with Gasteiger partial charge < -0.3 is 14.3 Å². The van der Waals surface area contributed by atoms with E-state index in [1.807, 2.05) is 0 Å².